The summed E-state index contributed by atoms with van der Waals surface area (Å²) in [6, 6.07) is 14.0. The fourth-order valence-corrected chi connectivity index (χ4v) is 3.06. The van der Waals surface area contributed by atoms with Crippen molar-refractivity contribution in [3.8, 4) is 11.5 Å². The topological polar surface area (TPSA) is 90.9 Å². The van der Waals surface area contributed by atoms with E-state index < -0.39 is 22.1 Å². The van der Waals surface area contributed by atoms with Gasteiger partial charge in [-0.25, -0.2) is 0 Å². The molecule has 1 amide bonds. The Hall–Kier alpha value is -2.58. The molecule has 0 saturated heterocycles. The van der Waals surface area contributed by atoms with Gasteiger partial charge in [0, 0.05) is 6.54 Å². The van der Waals surface area contributed by atoms with Crippen LogP contribution in [0.5, 0.6) is 11.5 Å². The number of benzene rings is 2. The number of hydrogen-bond donors (Lipinski definition) is 1. The van der Waals surface area contributed by atoms with E-state index in [0.717, 1.165) is 11.8 Å². The molecule has 8 heteroatoms. The molecule has 0 radical (unpaired) electrons. The van der Waals surface area contributed by atoms with Gasteiger partial charge in [0.15, 0.2) is 17.6 Å². The molecule has 1 N–H and O–H groups in total. The van der Waals surface area contributed by atoms with Crippen molar-refractivity contribution in [2.75, 3.05) is 27.0 Å². The van der Waals surface area contributed by atoms with Crippen LogP contribution in [0, 0.1) is 0 Å². The van der Waals surface area contributed by atoms with E-state index in [9.17, 15) is 13.2 Å². The van der Waals surface area contributed by atoms with Crippen LogP contribution in [0.2, 0.25) is 0 Å². The standard InChI is InChI=1S/C19H23NO6S.C2H6/c1-24-16-10-9-14(13-17(16)25-2)11-12-20-19(21)18(26-27(3,22)23)15-7-5-4-6-8-15;1-2/h4-10,13,18H,11-12H2,1-3H3,(H,20,21);1-2H3. The summed E-state index contributed by atoms with van der Waals surface area (Å²) in [5.41, 5.74) is 1.40. The van der Waals surface area contributed by atoms with E-state index in [1.807, 2.05) is 26.0 Å². The van der Waals surface area contributed by atoms with Gasteiger partial charge in [0.25, 0.3) is 16.0 Å². The Balaban J connectivity index is 0.00000204. The van der Waals surface area contributed by atoms with Crippen LogP contribution in [0.25, 0.3) is 0 Å². The Bertz CT molecular complexity index is 868. The molecule has 0 bridgehead atoms. The average Bonchev–Trinajstić information content (AvgIpc) is 2.73. The van der Waals surface area contributed by atoms with Gasteiger partial charge in [-0.3, -0.25) is 8.98 Å². The van der Waals surface area contributed by atoms with Crippen molar-refractivity contribution in [1.29, 1.82) is 0 Å². The van der Waals surface area contributed by atoms with Gasteiger partial charge in [0.1, 0.15) is 0 Å². The van der Waals surface area contributed by atoms with Crippen LogP contribution in [-0.4, -0.2) is 41.3 Å². The van der Waals surface area contributed by atoms with Crippen LogP contribution in [0.4, 0.5) is 0 Å². The van der Waals surface area contributed by atoms with E-state index in [4.69, 9.17) is 13.7 Å². The molecule has 2 rings (SSSR count). The van der Waals surface area contributed by atoms with E-state index in [0.29, 0.717) is 30.0 Å². The number of carbonyl (C=O) groups excluding carboxylic acids is 1. The molecule has 29 heavy (non-hydrogen) atoms. The highest BCUT2D eigenvalue weighted by Crippen LogP contribution is 2.27. The Morgan fingerprint density at radius 1 is 1.00 bits per heavy atom. The zero-order valence-corrected chi connectivity index (χ0v) is 18.3. The van der Waals surface area contributed by atoms with Gasteiger partial charge >= 0.3 is 0 Å². The Labute approximate surface area is 173 Å². The van der Waals surface area contributed by atoms with E-state index in [2.05, 4.69) is 5.32 Å². The Morgan fingerprint density at radius 3 is 2.17 bits per heavy atom. The van der Waals surface area contributed by atoms with Crippen molar-refractivity contribution >= 4 is 16.0 Å². The first-order valence-electron chi connectivity index (χ1n) is 9.26. The normalized spacial score (nSPS) is 11.6. The summed E-state index contributed by atoms with van der Waals surface area (Å²) in [5, 5.41) is 2.72. The molecule has 0 aromatic heterocycles. The summed E-state index contributed by atoms with van der Waals surface area (Å²) < 4.78 is 38.5. The molecule has 7 nitrogen and oxygen atoms in total. The fraction of sp³-hybridized carbons (Fsp3) is 0.381. The second kappa shape index (κ2) is 12.1. The highest BCUT2D eigenvalue weighted by molar-refractivity contribution is 7.86. The first-order chi connectivity index (χ1) is 13.8. The number of rotatable bonds is 9. The molecule has 2 aromatic rings. The Kier molecular flexibility index (Phi) is 10.2. The second-order valence-electron chi connectivity index (χ2n) is 5.82. The van der Waals surface area contributed by atoms with Crippen molar-refractivity contribution in [1.82, 2.24) is 5.32 Å². The van der Waals surface area contributed by atoms with Crippen molar-refractivity contribution in [2.24, 2.45) is 0 Å². The highest BCUT2D eigenvalue weighted by atomic mass is 32.2. The number of amides is 1. The maximum Gasteiger partial charge on any atom is 0.265 e. The largest absolute Gasteiger partial charge is 0.493 e. The minimum Gasteiger partial charge on any atom is -0.493 e. The molecule has 0 aliphatic carbocycles. The van der Waals surface area contributed by atoms with E-state index in [1.165, 1.54) is 0 Å². The monoisotopic (exact) mass is 423 g/mol. The van der Waals surface area contributed by atoms with Crippen LogP contribution in [0.1, 0.15) is 31.1 Å². The van der Waals surface area contributed by atoms with E-state index in [1.54, 1.807) is 50.6 Å². The summed E-state index contributed by atoms with van der Waals surface area (Å²) >= 11 is 0. The van der Waals surface area contributed by atoms with Gasteiger partial charge in [-0.1, -0.05) is 50.2 Å². The molecular weight excluding hydrogens is 394 g/mol. The maximum atomic E-state index is 12.5. The SMILES string of the molecule is CC.COc1ccc(CCNC(=O)C(OS(C)(=O)=O)c2ccccc2)cc1OC. The van der Waals surface area contributed by atoms with Crippen molar-refractivity contribution in [2.45, 2.75) is 26.4 Å². The third-order valence-corrected chi connectivity index (χ3v) is 4.31. The van der Waals surface area contributed by atoms with E-state index >= 15 is 0 Å². The second-order valence-corrected chi connectivity index (χ2v) is 7.42. The van der Waals surface area contributed by atoms with Crippen LogP contribution in [0.3, 0.4) is 0 Å². The van der Waals surface area contributed by atoms with Crippen LogP contribution in [0.15, 0.2) is 48.5 Å². The van der Waals surface area contributed by atoms with Gasteiger partial charge in [-0.05, 0) is 29.7 Å². The number of hydrogen-bond acceptors (Lipinski definition) is 6. The maximum absolute atomic E-state index is 12.5. The van der Waals surface area contributed by atoms with Crippen molar-refractivity contribution in [3.63, 3.8) is 0 Å². The van der Waals surface area contributed by atoms with Crippen molar-refractivity contribution in [3.05, 3.63) is 59.7 Å². The molecule has 0 spiro atoms. The predicted molar refractivity (Wildman–Crippen MR) is 113 cm³/mol. The molecule has 1 unspecified atom stereocenters. The average molecular weight is 424 g/mol. The summed E-state index contributed by atoms with van der Waals surface area (Å²) in [6.07, 6.45) is 0.221. The lowest BCUT2D eigenvalue weighted by Gasteiger charge is -2.16. The van der Waals surface area contributed by atoms with Gasteiger partial charge in [-0.15, -0.1) is 0 Å². The molecule has 160 valence electrons. The third kappa shape index (κ3) is 8.13. The molecule has 0 saturated carbocycles. The molecule has 0 heterocycles. The molecular formula is C21H29NO6S. The van der Waals surface area contributed by atoms with Crippen molar-refractivity contribution < 1.29 is 26.9 Å². The van der Waals surface area contributed by atoms with Crippen LogP contribution >= 0.6 is 0 Å². The predicted octanol–water partition coefficient (Wildman–Crippen LogP) is 3.11. The molecule has 2 aromatic carbocycles. The Morgan fingerprint density at radius 2 is 1.62 bits per heavy atom. The quantitative estimate of drug-likeness (QED) is 0.623. The van der Waals surface area contributed by atoms with Gasteiger partial charge in [-0.2, -0.15) is 8.42 Å². The smallest absolute Gasteiger partial charge is 0.265 e. The van der Waals surface area contributed by atoms with Crippen LogP contribution < -0.4 is 14.8 Å². The number of carbonyl (C=O) groups is 1. The highest BCUT2D eigenvalue weighted by Gasteiger charge is 2.25. The lowest BCUT2D eigenvalue weighted by atomic mass is 10.1. The first-order valence-corrected chi connectivity index (χ1v) is 11.1. The van der Waals surface area contributed by atoms with Gasteiger partial charge < -0.3 is 14.8 Å². The summed E-state index contributed by atoms with van der Waals surface area (Å²) in [5.74, 6) is 0.701. The molecule has 0 fully saturated rings. The lowest BCUT2D eigenvalue weighted by Crippen LogP contribution is -2.33. The molecule has 1 atom stereocenters. The molecule has 0 aliphatic heterocycles. The minimum atomic E-state index is -3.80. The van der Waals surface area contributed by atoms with Gasteiger partial charge in [0.2, 0.25) is 0 Å². The van der Waals surface area contributed by atoms with E-state index in [-0.39, 0.29) is 0 Å². The summed E-state index contributed by atoms with van der Waals surface area (Å²) in [7, 11) is -0.691. The fourth-order valence-electron chi connectivity index (χ4n) is 2.51. The first kappa shape index (κ1) is 24.5. The molecule has 0 aliphatic rings. The summed E-state index contributed by atoms with van der Waals surface area (Å²) in [4.78, 5) is 12.5. The minimum absolute atomic E-state index is 0.310. The number of ether oxygens (including phenoxy) is 2. The van der Waals surface area contributed by atoms with Crippen LogP contribution in [-0.2, 0) is 25.5 Å². The zero-order valence-electron chi connectivity index (χ0n) is 17.5. The zero-order chi connectivity index (χ0) is 21.9. The number of methoxy groups -OCH3 is 2. The lowest BCUT2D eigenvalue weighted by molar-refractivity contribution is -0.128. The number of nitrogens with one attached hydrogen (secondary N) is 1. The third-order valence-electron chi connectivity index (χ3n) is 3.77. The van der Waals surface area contributed by atoms with Gasteiger partial charge in [0.05, 0.1) is 20.5 Å². The summed E-state index contributed by atoms with van der Waals surface area (Å²) in [6.45, 7) is 4.31.